The molecule has 29 heavy (non-hydrogen) atoms. The number of aromatic nitrogens is 1. The van der Waals surface area contributed by atoms with Gasteiger partial charge in [0.25, 0.3) is 0 Å². The molecule has 0 amide bonds. The van der Waals surface area contributed by atoms with Crippen molar-refractivity contribution in [2.75, 3.05) is 26.1 Å². The van der Waals surface area contributed by atoms with Crippen molar-refractivity contribution < 1.29 is 13.9 Å². The number of esters is 1. The van der Waals surface area contributed by atoms with Crippen LogP contribution in [-0.2, 0) is 9.53 Å². The van der Waals surface area contributed by atoms with Gasteiger partial charge in [-0.3, -0.25) is 4.99 Å². The lowest BCUT2D eigenvalue weighted by Crippen LogP contribution is -2.44. The smallest absolute Gasteiger partial charge is 0.338 e. The van der Waals surface area contributed by atoms with Crippen LogP contribution in [0.2, 0.25) is 0 Å². The second-order valence-corrected chi connectivity index (χ2v) is 9.30. The summed E-state index contributed by atoms with van der Waals surface area (Å²) in [7, 11) is 1.98. The first-order valence-electron chi connectivity index (χ1n) is 8.94. The number of aliphatic imine (C=N–C) groups is 1. The van der Waals surface area contributed by atoms with Crippen LogP contribution in [0.15, 0.2) is 50.5 Å². The third-order valence-electron chi connectivity index (χ3n) is 4.57. The second kappa shape index (κ2) is 8.55. The van der Waals surface area contributed by atoms with E-state index in [1.54, 1.807) is 31.1 Å². The van der Waals surface area contributed by atoms with Crippen LogP contribution < -0.4 is 0 Å². The summed E-state index contributed by atoms with van der Waals surface area (Å²) in [5.74, 6) is 0.562. The Morgan fingerprint density at radius 3 is 2.97 bits per heavy atom. The first kappa shape index (κ1) is 20.5. The molecular weight excluding hydrogens is 479 g/mol. The van der Waals surface area contributed by atoms with Crippen molar-refractivity contribution >= 4 is 51.0 Å². The number of fused-ring (bicyclic) bond motifs is 1. The molecule has 1 saturated heterocycles. The number of carbonyl (C=O) groups is 1. The Balaban J connectivity index is 1.92. The van der Waals surface area contributed by atoms with Crippen LogP contribution in [0.4, 0.5) is 4.39 Å². The molecule has 0 aliphatic carbocycles. The molecule has 2 aliphatic rings. The monoisotopic (exact) mass is 496 g/mol. The van der Waals surface area contributed by atoms with Crippen molar-refractivity contribution in [3.63, 3.8) is 0 Å². The maximum Gasteiger partial charge on any atom is 0.338 e. The molecule has 6 nitrogen and oxygen atoms in total. The van der Waals surface area contributed by atoms with E-state index in [4.69, 9.17) is 9.73 Å². The quantitative estimate of drug-likeness (QED) is 0.466. The average molecular weight is 497 g/mol. The van der Waals surface area contributed by atoms with Crippen LogP contribution in [0, 0.1) is 5.82 Å². The van der Waals surface area contributed by atoms with Gasteiger partial charge in [0.2, 0.25) is 0 Å². The van der Waals surface area contributed by atoms with Crippen LogP contribution >= 0.6 is 39.2 Å². The topological polar surface area (TPSA) is 58.0 Å². The Hall–Kier alpha value is -1.75. The third-order valence-corrected chi connectivity index (χ3v) is 6.97. The first-order chi connectivity index (χ1) is 14.0. The number of thiazole rings is 1. The Labute approximate surface area is 184 Å². The van der Waals surface area contributed by atoms with E-state index in [1.807, 2.05) is 17.3 Å². The van der Waals surface area contributed by atoms with Gasteiger partial charge in [0.05, 0.1) is 18.1 Å². The Bertz CT molecular complexity index is 996. The van der Waals surface area contributed by atoms with E-state index < -0.39 is 12.0 Å². The SMILES string of the molecule is CCOC(=O)C1=C2CN(C)SCN2C(c2nccs2)=N[C@H]1c1ccc(F)cc1Br. The number of rotatable bonds is 4. The highest BCUT2D eigenvalue weighted by Gasteiger charge is 2.39. The summed E-state index contributed by atoms with van der Waals surface area (Å²) in [5, 5.41) is 2.67. The number of likely N-dealkylation sites (N-methyl/N-ethyl adjacent to an activating group) is 1. The molecule has 2 aromatic rings. The van der Waals surface area contributed by atoms with Crippen molar-refractivity contribution in [3.8, 4) is 0 Å². The van der Waals surface area contributed by atoms with Crippen molar-refractivity contribution in [1.82, 2.24) is 14.2 Å². The molecule has 0 bridgehead atoms. The molecular formula is C19H18BrFN4O2S2. The highest BCUT2D eigenvalue weighted by Crippen LogP contribution is 2.41. The minimum atomic E-state index is -0.620. The van der Waals surface area contributed by atoms with Crippen molar-refractivity contribution in [1.29, 1.82) is 0 Å². The summed E-state index contributed by atoms with van der Waals surface area (Å²) < 4.78 is 21.7. The molecule has 1 fully saturated rings. The number of nitrogens with zero attached hydrogens (tertiary/aromatic N) is 4. The van der Waals surface area contributed by atoms with E-state index in [-0.39, 0.29) is 12.4 Å². The summed E-state index contributed by atoms with van der Waals surface area (Å²) in [6.45, 7) is 2.60. The zero-order valence-corrected chi connectivity index (χ0v) is 19.0. The molecule has 1 aromatic carbocycles. The van der Waals surface area contributed by atoms with Crippen LogP contribution in [0.5, 0.6) is 0 Å². The number of carbonyl (C=O) groups excluding carboxylic acids is 1. The number of halogens is 2. The third kappa shape index (κ3) is 3.98. The predicted octanol–water partition coefficient (Wildman–Crippen LogP) is 4.22. The van der Waals surface area contributed by atoms with Gasteiger partial charge in [-0.15, -0.1) is 11.3 Å². The molecule has 1 atom stereocenters. The van der Waals surface area contributed by atoms with E-state index in [0.29, 0.717) is 33.9 Å². The maximum absolute atomic E-state index is 13.7. The summed E-state index contributed by atoms with van der Waals surface area (Å²) >= 11 is 6.58. The number of hydrogen-bond donors (Lipinski definition) is 0. The molecule has 0 unspecified atom stereocenters. The van der Waals surface area contributed by atoms with Gasteiger partial charge in [0.15, 0.2) is 10.8 Å². The summed E-state index contributed by atoms with van der Waals surface area (Å²) in [5.41, 5.74) is 2.02. The van der Waals surface area contributed by atoms with Gasteiger partial charge < -0.3 is 9.64 Å². The van der Waals surface area contributed by atoms with E-state index in [2.05, 4.69) is 25.2 Å². The van der Waals surface area contributed by atoms with Gasteiger partial charge in [-0.2, -0.15) is 0 Å². The second-order valence-electron chi connectivity index (χ2n) is 6.41. The van der Waals surface area contributed by atoms with E-state index in [1.165, 1.54) is 23.5 Å². The highest BCUT2D eigenvalue weighted by atomic mass is 79.9. The lowest BCUT2D eigenvalue weighted by atomic mass is 9.94. The predicted molar refractivity (Wildman–Crippen MR) is 116 cm³/mol. The molecule has 0 saturated carbocycles. The zero-order valence-electron chi connectivity index (χ0n) is 15.8. The largest absolute Gasteiger partial charge is 0.463 e. The van der Waals surface area contributed by atoms with Crippen LogP contribution in [0.1, 0.15) is 23.5 Å². The Morgan fingerprint density at radius 2 is 2.28 bits per heavy atom. The van der Waals surface area contributed by atoms with E-state index >= 15 is 0 Å². The fourth-order valence-corrected chi connectivity index (χ4v) is 5.31. The molecule has 3 heterocycles. The molecule has 10 heteroatoms. The molecule has 0 radical (unpaired) electrons. The number of ether oxygens (including phenoxy) is 1. The lowest BCUT2D eigenvalue weighted by molar-refractivity contribution is -0.139. The minimum absolute atomic E-state index is 0.264. The average Bonchev–Trinajstić information content (AvgIpc) is 3.21. The number of benzene rings is 1. The fourth-order valence-electron chi connectivity index (χ4n) is 3.30. The molecule has 4 rings (SSSR count). The van der Waals surface area contributed by atoms with Crippen molar-refractivity contribution in [2.24, 2.45) is 4.99 Å². The van der Waals surface area contributed by atoms with Gasteiger partial charge in [-0.25, -0.2) is 18.5 Å². The highest BCUT2D eigenvalue weighted by molar-refractivity contribution is 9.10. The normalized spacial score (nSPS) is 19.8. The molecule has 2 aliphatic heterocycles. The van der Waals surface area contributed by atoms with Gasteiger partial charge >= 0.3 is 5.97 Å². The van der Waals surface area contributed by atoms with Crippen LogP contribution in [-0.4, -0.2) is 52.1 Å². The molecule has 152 valence electrons. The molecule has 0 spiro atoms. The maximum atomic E-state index is 13.7. The lowest BCUT2D eigenvalue weighted by Gasteiger charge is -2.40. The standard InChI is InChI=1S/C19H18BrFN4O2S2/c1-3-27-19(26)15-14-9-24(2)29-10-25(14)17(18-22-6-7-28-18)23-16(15)12-5-4-11(21)8-13(12)20/h4-8,16H,3,9-10H2,1-2H3/t16-/m0/s1. The fraction of sp³-hybridized carbons (Fsp3) is 0.316. The zero-order chi connectivity index (χ0) is 20.5. The van der Waals surface area contributed by atoms with Gasteiger partial charge in [0, 0.05) is 28.3 Å². The Kier molecular flexibility index (Phi) is 6.05. The van der Waals surface area contributed by atoms with Gasteiger partial charge in [0.1, 0.15) is 11.9 Å². The Morgan fingerprint density at radius 1 is 1.45 bits per heavy atom. The molecule has 1 aromatic heterocycles. The van der Waals surface area contributed by atoms with E-state index in [0.717, 1.165) is 10.7 Å². The number of hydrogen-bond acceptors (Lipinski definition) is 8. The first-order valence-corrected chi connectivity index (χ1v) is 11.6. The van der Waals surface area contributed by atoms with Gasteiger partial charge in [-0.1, -0.05) is 33.9 Å². The van der Waals surface area contributed by atoms with Crippen LogP contribution in [0.3, 0.4) is 0 Å². The number of amidine groups is 1. The van der Waals surface area contributed by atoms with Gasteiger partial charge in [-0.05, 0) is 31.7 Å². The minimum Gasteiger partial charge on any atom is -0.463 e. The summed E-state index contributed by atoms with van der Waals surface area (Å²) in [6, 6.07) is 3.80. The molecule has 0 N–H and O–H groups in total. The van der Waals surface area contributed by atoms with Crippen molar-refractivity contribution in [3.05, 3.63) is 61.9 Å². The van der Waals surface area contributed by atoms with Crippen LogP contribution in [0.25, 0.3) is 0 Å². The summed E-state index contributed by atoms with van der Waals surface area (Å²) in [4.78, 5) is 24.4. The van der Waals surface area contributed by atoms with E-state index in [9.17, 15) is 9.18 Å². The van der Waals surface area contributed by atoms with Crippen molar-refractivity contribution in [2.45, 2.75) is 13.0 Å². The summed E-state index contributed by atoms with van der Waals surface area (Å²) in [6.07, 6.45) is 1.73.